The van der Waals surface area contributed by atoms with Gasteiger partial charge >= 0.3 is 0 Å². The number of rotatable bonds is 6. The number of pyridine rings is 1. The van der Waals surface area contributed by atoms with Gasteiger partial charge in [-0.1, -0.05) is 19.9 Å². The first-order chi connectivity index (χ1) is 8.10. The van der Waals surface area contributed by atoms with Crippen LogP contribution in [0.4, 0.5) is 0 Å². The van der Waals surface area contributed by atoms with E-state index in [0.717, 1.165) is 12.3 Å². The summed E-state index contributed by atoms with van der Waals surface area (Å²) in [6.07, 6.45) is 2.11. The summed E-state index contributed by atoms with van der Waals surface area (Å²) in [6.45, 7) is 9.15. The van der Waals surface area contributed by atoms with Crippen LogP contribution in [0.3, 0.4) is 0 Å². The van der Waals surface area contributed by atoms with E-state index in [-0.39, 0.29) is 12.1 Å². The molecule has 1 aromatic rings. The van der Waals surface area contributed by atoms with E-state index in [1.54, 1.807) is 0 Å². The van der Waals surface area contributed by atoms with E-state index in [2.05, 4.69) is 30.2 Å². The van der Waals surface area contributed by atoms with Crippen LogP contribution in [0, 0.1) is 12.8 Å². The molecule has 3 heteroatoms. The van der Waals surface area contributed by atoms with Crippen molar-refractivity contribution < 1.29 is 4.74 Å². The Morgan fingerprint density at radius 1 is 1.35 bits per heavy atom. The number of aryl methyl sites for hydroxylation is 1. The normalized spacial score (nSPS) is 14.9. The molecular weight excluding hydrogens is 212 g/mol. The van der Waals surface area contributed by atoms with E-state index in [9.17, 15) is 0 Å². The average molecular weight is 236 g/mol. The molecule has 0 aliphatic heterocycles. The Kier molecular flexibility index (Phi) is 5.59. The van der Waals surface area contributed by atoms with E-state index in [1.165, 1.54) is 5.56 Å². The zero-order valence-corrected chi connectivity index (χ0v) is 11.5. The molecule has 1 aromatic heterocycles. The van der Waals surface area contributed by atoms with Gasteiger partial charge in [0, 0.05) is 18.5 Å². The molecule has 2 atom stereocenters. The molecule has 1 N–H and O–H groups in total. The van der Waals surface area contributed by atoms with E-state index >= 15 is 0 Å². The van der Waals surface area contributed by atoms with Crippen LogP contribution in [0.5, 0.6) is 0 Å². The van der Waals surface area contributed by atoms with Crippen LogP contribution in [0.2, 0.25) is 0 Å². The van der Waals surface area contributed by atoms with Gasteiger partial charge in [-0.3, -0.25) is 4.98 Å². The Labute approximate surface area is 105 Å². The van der Waals surface area contributed by atoms with Crippen LogP contribution >= 0.6 is 0 Å². The van der Waals surface area contributed by atoms with E-state index in [4.69, 9.17) is 4.74 Å². The fourth-order valence-corrected chi connectivity index (χ4v) is 2.05. The van der Waals surface area contributed by atoms with Gasteiger partial charge in [-0.05, 0) is 38.4 Å². The van der Waals surface area contributed by atoms with Gasteiger partial charge in [0.25, 0.3) is 0 Å². The molecule has 1 heterocycles. The molecule has 0 aromatic carbocycles. The van der Waals surface area contributed by atoms with Gasteiger partial charge in [0.1, 0.15) is 0 Å². The average Bonchev–Trinajstić information content (AvgIpc) is 2.31. The third-order valence-corrected chi connectivity index (χ3v) is 2.95. The minimum Gasteiger partial charge on any atom is -0.376 e. The molecule has 0 amide bonds. The van der Waals surface area contributed by atoms with E-state index < -0.39 is 0 Å². The SMILES string of the molecule is CCOC(C(C)C)C(NC)c1ccc(C)nc1. The summed E-state index contributed by atoms with van der Waals surface area (Å²) in [5.41, 5.74) is 2.23. The van der Waals surface area contributed by atoms with Crippen molar-refractivity contribution in [2.45, 2.75) is 39.8 Å². The minimum atomic E-state index is 0.175. The number of nitrogens with zero attached hydrogens (tertiary/aromatic N) is 1. The quantitative estimate of drug-likeness (QED) is 0.824. The van der Waals surface area contributed by atoms with Crippen LogP contribution in [-0.4, -0.2) is 24.7 Å². The summed E-state index contributed by atoms with van der Waals surface area (Å²) in [7, 11) is 1.97. The smallest absolute Gasteiger partial charge is 0.0792 e. The zero-order valence-electron chi connectivity index (χ0n) is 11.5. The molecule has 3 nitrogen and oxygen atoms in total. The van der Waals surface area contributed by atoms with Crippen LogP contribution in [-0.2, 0) is 4.74 Å². The number of likely N-dealkylation sites (N-methyl/N-ethyl adjacent to an activating group) is 1. The lowest BCUT2D eigenvalue weighted by Crippen LogP contribution is -2.35. The Morgan fingerprint density at radius 2 is 2.06 bits per heavy atom. The highest BCUT2D eigenvalue weighted by molar-refractivity contribution is 5.18. The van der Waals surface area contributed by atoms with Crippen LogP contribution in [0.1, 0.15) is 38.1 Å². The van der Waals surface area contributed by atoms with Crippen molar-refractivity contribution in [1.29, 1.82) is 0 Å². The second kappa shape index (κ2) is 6.72. The second-order valence-electron chi connectivity index (χ2n) is 4.66. The maximum absolute atomic E-state index is 5.85. The van der Waals surface area contributed by atoms with Gasteiger partial charge in [0.15, 0.2) is 0 Å². The molecule has 0 saturated heterocycles. The van der Waals surface area contributed by atoms with Crippen molar-refractivity contribution >= 4 is 0 Å². The molecule has 17 heavy (non-hydrogen) atoms. The first kappa shape index (κ1) is 14.1. The number of nitrogens with one attached hydrogen (secondary N) is 1. The molecule has 0 spiro atoms. The molecular formula is C14H24N2O. The Morgan fingerprint density at radius 3 is 2.47 bits per heavy atom. The third kappa shape index (κ3) is 3.79. The van der Waals surface area contributed by atoms with Gasteiger partial charge in [-0.25, -0.2) is 0 Å². The number of ether oxygens (including phenoxy) is 1. The van der Waals surface area contributed by atoms with E-state index in [0.29, 0.717) is 5.92 Å². The van der Waals surface area contributed by atoms with Gasteiger partial charge in [-0.2, -0.15) is 0 Å². The Bertz CT molecular complexity index is 321. The van der Waals surface area contributed by atoms with Crippen molar-refractivity contribution in [2.75, 3.05) is 13.7 Å². The lowest BCUT2D eigenvalue weighted by Gasteiger charge is -2.30. The molecule has 0 bridgehead atoms. The molecule has 0 aliphatic rings. The standard InChI is InChI=1S/C14H24N2O/c1-6-17-14(10(2)3)13(15-5)12-8-7-11(4)16-9-12/h7-10,13-15H,6H2,1-5H3. The maximum atomic E-state index is 5.85. The zero-order chi connectivity index (χ0) is 12.8. The topological polar surface area (TPSA) is 34.1 Å². The van der Waals surface area contributed by atoms with Gasteiger partial charge in [0.05, 0.1) is 12.1 Å². The summed E-state index contributed by atoms with van der Waals surface area (Å²) >= 11 is 0. The van der Waals surface area contributed by atoms with E-state index in [1.807, 2.05) is 33.2 Å². The molecule has 96 valence electrons. The summed E-state index contributed by atoms with van der Waals surface area (Å²) in [6, 6.07) is 4.36. The lowest BCUT2D eigenvalue weighted by molar-refractivity contribution is 0.00452. The van der Waals surface area contributed by atoms with Crippen LogP contribution in [0.25, 0.3) is 0 Å². The number of aromatic nitrogens is 1. The van der Waals surface area contributed by atoms with Crippen molar-refractivity contribution in [3.8, 4) is 0 Å². The predicted octanol–water partition coefficient (Wildman–Crippen LogP) is 2.71. The van der Waals surface area contributed by atoms with Crippen molar-refractivity contribution in [3.05, 3.63) is 29.6 Å². The molecule has 1 rings (SSSR count). The van der Waals surface area contributed by atoms with Crippen LogP contribution in [0.15, 0.2) is 18.3 Å². The Balaban J connectivity index is 2.91. The van der Waals surface area contributed by atoms with Gasteiger partial charge < -0.3 is 10.1 Å². The highest BCUT2D eigenvalue weighted by Crippen LogP contribution is 2.24. The highest BCUT2D eigenvalue weighted by Gasteiger charge is 2.25. The fraction of sp³-hybridized carbons (Fsp3) is 0.643. The molecule has 0 aliphatic carbocycles. The number of hydrogen-bond donors (Lipinski definition) is 1. The van der Waals surface area contributed by atoms with Crippen LogP contribution < -0.4 is 5.32 Å². The van der Waals surface area contributed by atoms with Crippen molar-refractivity contribution in [1.82, 2.24) is 10.3 Å². The first-order valence-electron chi connectivity index (χ1n) is 6.31. The second-order valence-corrected chi connectivity index (χ2v) is 4.66. The predicted molar refractivity (Wildman–Crippen MR) is 71.0 cm³/mol. The first-order valence-corrected chi connectivity index (χ1v) is 6.31. The minimum absolute atomic E-state index is 0.175. The monoisotopic (exact) mass is 236 g/mol. The largest absolute Gasteiger partial charge is 0.376 e. The van der Waals surface area contributed by atoms with Crippen molar-refractivity contribution in [3.63, 3.8) is 0 Å². The molecule has 0 saturated carbocycles. The number of hydrogen-bond acceptors (Lipinski definition) is 3. The third-order valence-electron chi connectivity index (χ3n) is 2.95. The van der Waals surface area contributed by atoms with Gasteiger partial charge in [0.2, 0.25) is 0 Å². The molecule has 0 fully saturated rings. The summed E-state index contributed by atoms with van der Waals surface area (Å²) in [4.78, 5) is 4.35. The summed E-state index contributed by atoms with van der Waals surface area (Å²) in [5, 5.41) is 3.34. The summed E-state index contributed by atoms with van der Waals surface area (Å²) < 4.78 is 5.85. The molecule has 0 radical (unpaired) electrons. The van der Waals surface area contributed by atoms with Crippen molar-refractivity contribution in [2.24, 2.45) is 5.92 Å². The Hall–Kier alpha value is -0.930. The lowest BCUT2D eigenvalue weighted by atomic mass is 9.94. The maximum Gasteiger partial charge on any atom is 0.0792 e. The molecule has 2 unspecified atom stereocenters. The summed E-state index contributed by atoms with van der Waals surface area (Å²) in [5.74, 6) is 0.466. The van der Waals surface area contributed by atoms with Gasteiger partial charge in [-0.15, -0.1) is 0 Å². The fourth-order valence-electron chi connectivity index (χ4n) is 2.05. The highest BCUT2D eigenvalue weighted by atomic mass is 16.5.